The zero-order valence-electron chi connectivity index (χ0n) is 12.7. The van der Waals surface area contributed by atoms with Crippen LogP contribution in [-0.2, 0) is 11.5 Å². The molecule has 6 heteroatoms. The first-order chi connectivity index (χ1) is 10.0. The average Bonchev–Trinajstić information content (AvgIpc) is 2.42. The molecule has 21 heavy (non-hydrogen) atoms. The monoisotopic (exact) mass is 314 g/mol. The molecule has 0 spiro atoms. The van der Waals surface area contributed by atoms with E-state index in [4.69, 9.17) is 16.3 Å². The third-order valence-corrected chi connectivity index (χ3v) is 4.45. The summed E-state index contributed by atoms with van der Waals surface area (Å²) in [5, 5.41) is 0.183. The second kappa shape index (κ2) is 7.27. The van der Waals surface area contributed by atoms with Crippen LogP contribution in [0.2, 0.25) is 5.15 Å². The summed E-state index contributed by atoms with van der Waals surface area (Å²) < 4.78 is 6.94. The molecule has 1 N–H and O–H groups in total. The van der Waals surface area contributed by atoms with Crippen molar-refractivity contribution in [2.24, 2.45) is 5.92 Å². The minimum atomic E-state index is -0.516. The van der Waals surface area contributed by atoms with Crippen LogP contribution >= 0.6 is 11.6 Å². The fraction of sp³-hybridized carbons (Fsp3) is 0.733. The van der Waals surface area contributed by atoms with E-state index in [9.17, 15) is 9.59 Å². The number of hydrogen-bond donors (Lipinski definition) is 1. The van der Waals surface area contributed by atoms with Crippen LogP contribution in [0.15, 0.2) is 9.59 Å². The number of ether oxygens (including phenoxy) is 1. The first kappa shape index (κ1) is 16.3. The molecule has 1 aromatic heterocycles. The summed E-state index contributed by atoms with van der Waals surface area (Å²) >= 11 is 6.20. The summed E-state index contributed by atoms with van der Waals surface area (Å²) in [5.41, 5.74) is -0.501. The van der Waals surface area contributed by atoms with E-state index < -0.39 is 11.2 Å². The molecule has 1 aromatic rings. The normalized spacial score (nSPS) is 16.6. The fourth-order valence-corrected chi connectivity index (χ4v) is 3.27. The molecule has 118 valence electrons. The van der Waals surface area contributed by atoms with Crippen molar-refractivity contribution in [1.29, 1.82) is 0 Å². The molecule has 0 radical (unpaired) electrons. The highest BCUT2D eigenvalue weighted by Gasteiger charge is 2.17. The number of H-pyrrole nitrogens is 1. The van der Waals surface area contributed by atoms with Crippen molar-refractivity contribution in [2.75, 3.05) is 6.61 Å². The number of aromatic amines is 1. The standard InChI is InChI=1S/C15H23ClN2O3/c1-10(2)12-13(16)18(15(20)17-14(12)19)9-21-8-11-6-4-3-5-7-11/h10-11H,3-9H2,1-2H3,(H,17,19,20). The molecule has 0 atom stereocenters. The molecule has 0 saturated heterocycles. The second-order valence-electron chi connectivity index (χ2n) is 6.05. The Bertz CT molecular complexity index is 586. The van der Waals surface area contributed by atoms with Gasteiger partial charge in [-0.1, -0.05) is 44.7 Å². The van der Waals surface area contributed by atoms with Gasteiger partial charge in [-0.2, -0.15) is 0 Å². The molecular formula is C15H23ClN2O3. The van der Waals surface area contributed by atoms with E-state index >= 15 is 0 Å². The first-order valence-electron chi connectivity index (χ1n) is 7.61. The molecule has 0 bridgehead atoms. The Kier molecular flexibility index (Phi) is 5.65. The Morgan fingerprint density at radius 3 is 2.57 bits per heavy atom. The van der Waals surface area contributed by atoms with Crippen molar-refractivity contribution in [3.8, 4) is 0 Å². The van der Waals surface area contributed by atoms with E-state index in [-0.39, 0.29) is 17.8 Å². The van der Waals surface area contributed by atoms with Gasteiger partial charge in [0.1, 0.15) is 11.9 Å². The summed E-state index contributed by atoms with van der Waals surface area (Å²) in [6, 6.07) is 0. The lowest BCUT2D eigenvalue weighted by atomic mass is 9.90. The van der Waals surface area contributed by atoms with Crippen molar-refractivity contribution in [3.05, 3.63) is 31.6 Å². The summed E-state index contributed by atoms with van der Waals surface area (Å²) in [4.78, 5) is 25.9. The highest BCUT2D eigenvalue weighted by molar-refractivity contribution is 6.30. The summed E-state index contributed by atoms with van der Waals surface area (Å²) in [6.45, 7) is 4.46. The van der Waals surface area contributed by atoms with E-state index in [2.05, 4.69) is 4.98 Å². The molecule has 1 fully saturated rings. The van der Waals surface area contributed by atoms with E-state index in [1.807, 2.05) is 13.8 Å². The lowest BCUT2D eigenvalue weighted by molar-refractivity contribution is 0.0376. The lowest BCUT2D eigenvalue weighted by Gasteiger charge is -2.21. The van der Waals surface area contributed by atoms with Crippen LogP contribution in [0.1, 0.15) is 57.4 Å². The van der Waals surface area contributed by atoms with Crippen LogP contribution in [0.3, 0.4) is 0 Å². The fourth-order valence-electron chi connectivity index (χ4n) is 2.84. The zero-order valence-corrected chi connectivity index (χ0v) is 13.4. The van der Waals surface area contributed by atoms with Gasteiger partial charge in [0.05, 0.1) is 12.2 Å². The van der Waals surface area contributed by atoms with Crippen molar-refractivity contribution >= 4 is 11.6 Å². The molecule has 1 heterocycles. The Hall–Kier alpha value is -1.07. The molecule has 1 aliphatic carbocycles. The van der Waals surface area contributed by atoms with Gasteiger partial charge in [-0.25, -0.2) is 4.79 Å². The van der Waals surface area contributed by atoms with E-state index in [0.29, 0.717) is 18.1 Å². The van der Waals surface area contributed by atoms with Crippen LogP contribution < -0.4 is 11.2 Å². The molecule has 1 aliphatic rings. The number of aromatic nitrogens is 2. The number of hydrogen-bond acceptors (Lipinski definition) is 3. The summed E-state index contributed by atoms with van der Waals surface area (Å²) in [7, 11) is 0. The number of nitrogens with one attached hydrogen (secondary N) is 1. The van der Waals surface area contributed by atoms with Gasteiger partial charge >= 0.3 is 5.69 Å². The summed E-state index contributed by atoms with van der Waals surface area (Å²) in [6.07, 6.45) is 6.19. The second-order valence-corrected chi connectivity index (χ2v) is 6.41. The first-order valence-corrected chi connectivity index (χ1v) is 7.98. The van der Waals surface area contributed by atoms with Crippen LogP contribution in [-0.4, -0.2) is 16.2 Å². The van der Waals surface area contributed by atoms with Gasteiger partial charge in [0.15, 0.2) is 0 Å². The largest absolute Gasteiger partial charge is 0.360 e. The van der Waals surface area contributed by atoms with Gasteiger partial charge in [0, 0.05) is 0 Å². The molecule has 0 amide bonds. The van der Waals surface area contributed by atoms with Gasteiger partial charge in [0.2, 0.25) is 0 Å². The Labute approximate surface area is 129 Å². The third kappa shape index (κ3) is 3.98. The Morgan fingerprint density at radius 1 is 1.29 bits per heavy atom. The van der Waals surface area contributed by atoms with E-state index in [0.717, 1.165) is 0 Å². The van der Waals surface area contributed by atoms with Crippen molar-refractivity contribution < 1.29 is 4.74 Å². The molecule has 1 saturated carbocycles. The van der Waals surface area contributed by atoms with Gasteiger partial charge in [0.25, 0.3) is 5.56 Å². The highest BCUT2D eigenvalue weighted by atomic mass is 35.5. The van der Waals surface area contributed by atoms with Crippen molar-refractivity contribution in [2.45, 2.75) is 58.6 Å². The maximum absolute atomic E-state index is 11.9. The predicted molar refractivity (Wildman–Crippen MR) is 82.9 cm³/mol. The smallest absolute Gasteiger partial charge is 0.331 e. The van der Waals surface area contributed by atoms with Crippen molar-refractivity contribution in [3.63, 3.8) is 0 Å². The predicted octanol–water partition coefficient (Wildman–Crippen LogP) is 2.87. The van der Waals surface area contributed by atoms with Gasteiger partial charge in [-0.3, -0.25) is 14.3 Å². The maximum atomic E-state index is 11.9. The quantitative estimate of drug-likeness (QED) is 0.850. The van der Waals surface area contributed by atoms with Crippen molar-refractivity contribution in [1.82, 2.24) is 9.55 Å². The molecule has 5 nitrogen and oxygen atoms in total. The van der Waals surface area contributed by atoms with Crippen LogP contribution in [0.25, 0.3) is 0 Å². The van der Waals surface area contributed by atoms with Gasteiger partial charge in [-0.15, -0.1) is 0 Å². The molecular weight excluding hydrogens is 292 g/mol. The van der Waals surface area contributed by atoms with Gasteiger partial charge in [-0.05, 0) is 24.7 Å². The molecule has 0 unspecified atom stereocenters. The van der Waals surface area contributed by atoms with E-state index in [1.165, 1.54) is 36.7 Å². The highest BCUT2D eigenvalue weighted by Crippen LogP contribution is 2.24. The van der Waals surface area contributed by atoms with Gasteiger partial charge < -0.3 is 4.74 Å². The minimum Gasteiger partial charge on any atom is -0.360 e. The SMILES string of the molecule is CC(C)c1c(Cl)n(COCC2CCCCC2)c(=O)[nH]c1=O. The van der Waals surface area contributed by atoms with Crippen LogP contribution in [0, 0.1) is 5.92 Å². The molecule has 2 rings (SSSR count). The number of halogens is 1. The third-order valence-electron chi connectivity index (χ3n) is 4.05. The van der Waals surface area contributed by atoms with Crippen LogP contribution in [0.5, 0.6) is 0 Å². The Balaban J connectivity index is 2.07. The van der Waals surface area contributed by atoms with Crippen LogP contribution in [0.4, 0.5) is 0 Å². The summed E-state index contributed by atoms with van der Waals surface area (Å²) in [5.74, 6) is 0.520. The molecule has 0 aliphatic heterocycles. The minimum absolute atomic E-state index is 0.0496. The average molecular weight is 315 g/mol. The number of rotatable bonds is 5. The molecule has 0 aromatic carbocycles. The zero-order chi connectivity index (χ0) is 15.4. The lowest BCUT2D eigenvalue weighted by Crippen LogP contribution is -2.34. The topological polar surface area (TPSA) is 64.1 Å². The Morgan fingerprint density at radius 2 is 1.95 bits per heavy atom. The van der Waals surface area contributed by atoms with E-state index in [1.54, 1.807) is 0 Å². The maximum Gasteiger partial charge on any atom is 0.331 e. The number of nitrogens with zero attached hydrogens (tertiary/aromatic N) is 1.